The Labute approximate surface area is 113 Å². The Morgan fingerprint density at radius 2 is 2.26 bits per heavy atom. The van der Waals surface area contributed by atoms with Crippen LogP contribution >= 0.6 is 0 Å². The number of hydrogen-bond acceptors (Lipinski definition) is 2. The number of rotatable bonds is 4. The number of benzene rings is 1. The van der Waals surface area contributed by atoms with Crippen molar-refractivity contribution in [1.82, 2.24) is 4.90 Å². The Bertz CT molecular complexity index is 461. The standard InChI is InChI=1S/C15H20FNO2/c1-11-5-6-14(16)12(8-11)10-17-7-3-2-4-13(17)9-15(18)19/h5-6,8,13H,2-4,7,9-10H2,1H3,(H,18,19). The molecule has 1 aliphatic rings. The fourth-order valence-corrected chi connectivity index (χ4v) is 2.74. The van der Waals surface area contributed by atoms with Crippen LogP contribution in [0.4, 0.5) is 4.39 Å². The number of carboxylic acids is 1. The number of carboxylic acid groups (broad SMARTS) is 1. The molecule has 1 unspecified atom stereocenters. The van der Waals surface area contributed by atoms with Crippen LogP contribution in [0.1, 0.15) is 36.8 Å². The lowest BCUT2D eigenvalue weighted by Crippen LogP contribution is -2.40. The summed E-state index contributed by atoms with van der Waals surface area (Å²) in [6.07, 6.45) is 3.15. The molecule has 0 saturated carbocycles. The Morgan fingerprint density at radius 1 is 1.47 bits per heavy atom. The minimum absolute atomic E-state index is 0.0335. The van der Waals surface area contributed by atoms with Gasteiger partial charge in [-0.15, -0.1) is 0 Å². The number of aliphatic carboxylic acids is 1. The molecule has 2 rings (SSSR count). The fraction of sp³-hybridized carbons (Fsp3) is 0.533. The van der Waals surface area contributed by atoms with Crippen molar-refractivity contribution in [1.29, 1.82) is 0 Å². The number of likely N-dealkylation sites (tertiary alicyclic amines) is 1. The average Bonchev–Trinajstić information content (AvgIpc) is 2.35. The normalized spacial score (nSPS) is 20.4. The van der Waals surface area contributed by atoms with Crippen LogP contribution in [0, 0.1) is 12.7 Å². The smallest absolute Gasteiger partial charge is 0.304 e. The van der Waals surface area contributed by atoms with Crippen molar-refractivity contribution >= 4 is 5.97 Å². The SMILES string of the molecule is Cc1ccc(F)c(CN2CCCCC2CC(=O)O)c1. The van der Waals surface area contributed by atoms with E-state index in [1.807, 2.05) is 13.0 Å². The van der Waals surface area contributed by atoms with E-state index in [4.69, 9.17) is 5.11 Å². The molecule has 0 aromatic heterocycles. The van der Waals surface area contributed by atoms with E-state index < -0.39 is 5.97 Å². The lowest BCUT2D eigenvalue weighted by molar-refractivity contribution is -0.138. The van der Waals surface area contributed by atoms with Gasteiger partial charge in [-0.1, -0.05) is 24.1 Å². The summed E-state index contributed by atoms with van der Waals surface area (Å²) in [4.78, 5) is 13.0. The summed E-state index contributed by atoms with van der Waals surface area (Å²) in [7, 11) is 0. The van der Waals surface area contributed by atoms with Crippen LogP contribution in [0.15, 0.2) is 18.2 Å². The average molecular weight is 265 g/mol. The summed E-state index contributed by atoms with van der Waals surface area (Å²) >= 11 is 0. The van der Waals surface area contributed by atoms with E-state index in [0.29, 0.717) is 12.1 Å². The monoisotopic (exact) mass is 265 g/mol. The van der Waals surface area contributed by atoms with Crippen LogP contribution in [0.2, 0.25) is 0 Å². The van der Waals surface area contributed by atoms with E-state index in [-0.39, 0.29) is 18.3 Å². The van der Waals surface area contributed by atoms with Crippen molar-refractivity contribution in [2.45, 2.75) is 45.2 Å². The van der Waals surface area contributed by atoms with Gasteiger partial charge in [-0.2, -0.15) is 0 Å². The van der Waals surface area contributed by atoms with E-state index in [0.717, 1.165) is 31.4 Å². The van der Waals surface area contributed by atoms with Gasteiger partial charge in [-0.25, -0.2) is 4.39 Å². The number of hydrogen-bond donors (Lipinski definition) is 1. The summed E-state index contributed by atoms with van der Waals surface area (Å²) in [5, 5.41) is 8.95. The van der Waals surface area contributed by atoms with Gasteiger partial charge in [0.15, 0.2) is 0 Å². The summed E-state index contributed by atoms with van der Waals surface area (Å²) in [5.74, 6) is -0.980. The molecule has 4 heteroatoms. The molecule has 1 aliphatic heterocycles. The Kier molecular flexibility index (Phi) is 4.53. The summed E-state index contributed by atoms with van der Waals surface area (Å²) in [5.41, 5.74) is 1.69. The Hall–Kier alpha value is -1.42. The minimum atomic E-state index is -0.776. The van der Waals surface area contributed by atoms with E-state index in [1.165, 1.54) is 6.07 Å². The maximum absolute atomic E-state index is 13.8. The van der Waals surface area contributed by atoms with E-state index in [1.54, 1.807) is 6.07 Å². The van der Waals surface area contributed by atoms with Gasteiger partial charge < -0.3 is 5.11 Å². The highest BCUT2D eigenvalue weighted by Gasteiger charge is 2.25. The minimum Gasteiger partial charge on any atom is -0.481 e. The van der Waals surface area contributed by atoms with Gasteiger partial charge in [0, 0.05) is 18.2 Å². The second kappa shape index (κ2) is 6.15. The van der Waals surface area contributed by atoms with Crippen molar-refractivity contribution in [2.75, 3.05) is 6.54 Å². The molecule has 1 atom stereocenters. The van der Waals surface area contributed by atoms with E-state index >= 15 is 0 Å². The number of aryl methyl sites for hydroxylation is 1. The predicted molar refractivity (Wildman–Crippen MR) is 71.4 cm³/mol. The molecule has 1 fully saturated rings. The van der Waals surface area contributed by atoms with Crippen molar-refractivity contribution in [3.8, 4) is 0 Å². The van der Waals surface area contributed by atoms with E-state index in [9.17, 15) is 9.18 Å². The molecule has 1 heterocycles. The van der Waals surface area contributed by atoms with Crippen LogP contribution in [0.3, 0.4) is 0 Å². The van der Waals surface area contributed by atoms with Crippen LogP contribution in [-0.4, -0.2) is 28.6 Å². The first-order chi connectivity index (χ1) is 9.06. The molecule has 19 heavy (non-hydrogen) atoms. The molecule has 104 valence electrons. The molecule has 1 aromatic carbocycles. The maximum Gasteiger partial charge on any atom is 0.304 e. The van der Waals surface area contributed by atoms with E-state index in [2.05, 4.69) is 4.90 Å². The first-order valence-electron chi connectivity index (χ1n) is 6.77. The van der Waals surface area contributed by atoms with Gasteiger partial charge in [-0.3, -0.25) is 9.69 Å². The third-order valence-electron chi connectivity index (χ3n) is 3.73. The number of halogens is 1. The van der Waals surface area contributed by atoms with Crippen LogP contribution in [0.5, 0.6) is 0 Å². The van der Waals surface area contributed by atoms with Gasteiger partial charge in [0.2, 0.25) is 0 Å². The molecular weight excluding hydrogens is 245 g/mol. The van der Waals surface area contributed by atoms with Crippen LogP contribution < -0.4 is 0 Å². The summed E-state index contributed by atoms with van der Waals surface area (Å²) < 4.78 is 13.8. The number of nitrogens with zero attached hydrogens (tertiary/aromatic N) is 1. The molecule has 1 aromatic rings. The molecule has 0 radical (unpaired) electrons. The number of piperidine rings is 1. The maximum atomic E-state index is 13.8. The molecule has 1 saturated heterocycles. The topological polar surface area (TPSA) is 40.5 Å². The molecule has 0 amide bonds. The van der Waals surface area contributed by atoms with Crippen molar-refractivity contribution in [3.05, 3.63) is 35.1 Å². The van der Waals surface area contributed by atoms with Crippen LogP contribution in [0.25, 0.3) is 0 Å². The lowest BCUT2D eigenvalue weighted by Gasteiger charge is -2.35. The first kappa shape index (κ1) is 14.0. The van der Waals surface area contributed by atoms with Gasteiger partial charge in [-0.05, 0) is 32.4 Å². The second-order valence-corrected chi connectivity index (χ2v) is 5.31. The first-order valence-corrected chi connectivity index (χ1v) is 6.77. The zero-order chi connectivity index (χ0) is 13.8. The second-order valence-electron chi connectivity index (χ2n) is 5.31. The fourth-order valence-electron chi connectivity index (χ4n) is 2.74. The summed E-state index contributed by atoms with van der Waals surface area (Å²) in [6, 6.07) is 5.12. The largest absolute Gasteiger partial charge is 0.481 e. The van der Waals surface area contributed by atoms with Crippen molar-refractivity contribution in [3.63, 3.8) is 0 Å². The molecule has 1 N–H and O–H groups in total. The molecule has 3 nitrogen and oxygen atoms in total. The van der Waals surface area contributed by atoms with Crippen LogP contribution in [-0.2, 0) is 11.3 Å². The lowest BCUT2D eigenvalue weighted by atomic mass is 9.98. The number of carbonyl (C=O) groups is 1. The Balaban J connectivity index is 2.10. The highest BCUT2D eigenvalue weighted by Crippen LogP contribution is 2.23. The summed E-state index contributed by atoms with van der Waals surface area (Å²) in [6.45, 7) is 3.30. The zero-order valence-electron chi connectivity index (χ0n) is 11.2. The van der Waals surface area contributed by atoms with Gasteiger partial charge in [0.05, 0.1) is 6.42 Å². The third-order valence-corrected chi connectivity index (χ3v) is 3.73. The van der Waals surface area contributed by atoms with Gasteiger partial charge in [0.1, 0.15) is 5.82 Å². The molecule has 0 aliphatic carbocycles. The quantitative estimate of drug-likeness (QED) is 0.910. The highest BCUT2D eigenvalue weighted by atomic mass is 19.1. The van der Waals surface area contributed by atoms with Gasteiger partial charge in [0.25, 0.3) is 0 Å². The predicted octanol–water partition coefficient (Wildman–Crippen LogP) is 2.96. The Morgan fingerprint density at radius 3 is 3.00 bits per heavy atom. The van der Waals surface area contributed by atoms with Gasteiger partial charge >= 0.3 is 5.97 Å². The molecule has 0 bridgehead atoms. The van der Waals surface area contributed by atoms with Crippen molar-refractivity contribution in [2.24, 2.45) is 0 Å². The molecule has 0 spiro atoms. The zero-order valence-corrected chi connectivity index (χ0v) is 11.2. The highest BCUT2D eigenvalue weighted by molar-refractivity contribution is 5.67. The van der Waals surface area contributed by atoms with Crippen molar-refractivity contribution < 1.29 is 14.3 Å². The third kappa shape index (κ3) is 3.77. The molecular formula is C15H20FNO2.